The fraction of sp³-hybridized carbons (Fsp3) is 0.667. The van der Waals surface area contributed by atoms with Gasteiger partial charge < -0.3 is 19.7 Å². The first kappa shape index (κ1) is 17.7. The second kappa shape index (κ2) is 7.87. The van der Waals surface area contributed by atoms with Crippen LogP contribution in [0, 0.1) is 5.92 Å². The maximum Gasteiger partial charge on any atom is 0.275 e. The number of rotatable bonds is 4. The van der Waals surface area contributed by atoms with E-state index in [1.165, 1.54) is 36.1 Å². The number of hydrogen-bond acceptors (Lipinski definition) is 3. The molecule has 5 nitrogen and oxygen atoms in total. The van der Waals surface area contributed by atoms with E-state index in [1.54, 1.807) is 0 Å². The van der Waals surface area contributed by atoms with Crippen LogP contribution in [0.15, 0.2) is 18.2 Å². The summed E-state index contributed by atoms with van der Waals surface area (Å²) in [6, 6.07) is 7.02. The van der Waals surface area contributed by atoms with Crippen LogP contribution in [-0.4, -0.2) is 38.3 Å². The molecule has 142 valence electrons. The highest BCUT2D eigenvalue weighted by Crippen LogP contribution is 2.33. The van der Waals surface area contributed by atoms with Gasteiger partial charge in [0.1, 0.15) is 19.3 Å². The molecule has 0 aromatic heterocycles. The quantitative estimate of drug-likeness (QED) is 0.863. The van der Waals surface area contributed by atoms with E-state index in [9.17, 15) is 4.79 Å². The van der Waals surface area contributed by atoms with Gasteiger partial charge in [-0.3, -0.25) is 4.79 Å². The summed E-state index contributed by atoms with van der Waals surface area (Å²) >= 11 is 0. The molecule has 1 unspecified atom stereocenters. The third-order valence-electron chi connectivity index (χ3n) is 6.30. The Morgan fingerprint density at radius 1 is 1.12 bits per heavy atom. The lowest BCUT2D eigenvalue weighted by Crippen LogP contribution is -3.11. The highest BCUT2D eigenvalue weighted by atomic mass is 16.6. The monoisotopic (exact) mass is 359 g/mol. The van der Waals surface area contributed by atoms with Gasteiger partial charge in [-0.25, -0.2) is 0 Å². The topological polar surface area (TPSA) is 52.0 Å². The number of hydrogen-bond donors (Lipinski definition) is 2. The van der Waals surface area contributed by atoms with Gasteiger partial charge in [-0.15, -0.1) is 0 Å². The smallest absolute Gasteiger partial charge is 0.275 e. The van der Waals surface area contributed by atoms with Crippen molar-refractivity contribution in [2.45, 2.75) is 57.5 Å². The number of amides is 1. The Labute approximate surface area is 156 Å². The van der Waals surface area contributed by atoms with Crippen LogP contribution in [0.2, 0.25) is 0 Å². The van der Waals surface area contributed by atoms with E-state index in [2.05, 4.69) is 24.4 Å². The summed E-state index contributed by atoms with van der Waals surface area (Å²) in [4.78, 5) is 14.0. The first-order valence-electron chi connectivity index (χ1n) is 10.2. The zero-order valence-electron chi connectivity index (χ0n) is 15.8. The summed E-state index contributed by atoms with van der Waals surface area (Å²) in [5.74, 6) is 2.50. The first-order valence-corrected chi connectivity index (χ1v) is 10.2. The van der Waals surface area contributed by atoms with Crippen molar-refractivity contribution < 1.29 is 19.2 Å². The zero-order chi connectivity index (χ0) is 17.9. The normalized spacial score (nSPS) is 30.8. The first-order chi connectivity index (χ1) is 12.7. The SMILES string of the molecule is C[C@H]1CCCC[C@@H]1NC(=O)C[NH+]1CCC[C@@H]1c1ccc2c(c1)OCCO2. The Kier molecular flexibility index (Phi) is 5.34. The van der Waals surface area contributed by atoms with E-state index in [-0.39, 0.29) is 5.91 Å². The van der Waals surface area contributed by atoms with Gasteiger partial charge >= 0.3 is 0 Å². The van der Waals surface area contributed by atoms with Crippen LogP contribution in [-0.2, 0) is 4.79 Å². The number of carbonyl (C=O) groups is 1. The van der Waals surface area contributed by atoms with Crippen LogP contribution in [0.4, 0.5) is 0 Å². The predicted octanol–water partition coefficient (Wildman–Crippen LogP) is 1.87. The molecule has 1 saturated carbocycles. The molecule has 3 aliphatic rings. The van der Waals surface area contributed by atoms with Gasteiger partial charge in [0.05, 0.1) is 6.54 Å². The lowest BCUT2D eigenvalue weighted by atomic mass is 9.86. The highest BCUT2D eigenvalue weighted by molar-refractivity contribution is 5.77. The molecule has 5 heteroatoms. The number of carbonyl (C=O) groups excluding carboxylic acids is 1. The molecule has 1 saturated heterocycles. The van der Waals surface area contributed by atoms with Crippen LogP contribution in [0.1, 0.15) is 57.1 Å². The fourth-order valence-corrected chi connectivity index (χ4v) is 4.80. The van der Waals surface area contributed by atoms with Crippen molar-refractivity contribution in [2.24, 2.45) is 5.92 Å². The van der Waals surface area contributed by atoms with E-state index in [1.807, 2.05) is 6.07 Å². The molecule has 0 radical (unpaired) electrons. The van der Waals surface area contributed by atoms with Gasteiger partial charge in [0, 0.05) is 24.4 Å². The van der Waals surface area contributed by atoms with Crippen LogP contribution >= 0.6 is 0 Å². The van der Waals surface area contributed by atoms with E-state index in [0.717, 1.165) is 30.9 Å². The van der Waals surface area contributed by atoms with Crippen molar-refractivity contribution in [3.63, 3.8) is 0 Å². The molecule has 2 fully saturated rings. The van der Waals surface area contributed by atoms with Crippen molar-refractivity contribution in [1.29, 1.82) is 0 Å². The van der Waals surface area contributed by atoms with Crippen molar-refractivity contribution >= 4 is 5.91 Å². The molecule has 1 aromatic carbocycles. The number of likely N-dealkylation sites (tertiary alicyclic amines) is 1. The predicted molar refractivity (Wildman–Crippen MR) is 99.7 cm³/mol. The van der Waals surface area contributed by atoms with Gasteiger partial charge in [0.2, 0.25) is 0 Å². The van der Waals surface area contributed by atoms with Crippen LogP contribution in [0.3, 0.4) is 0 Å². The van der Waals surface area contributed by atoms with E-state index in [0.29, 0.717) is 37.8 Å². The van der Waals surface area contributed by atoms with Crippen molar-refractivity contribution in [1.82, 2.24) is 5.32 Å². The molecule has 4 rings (SSSR count). The standard InChI is InChI=1S/C21H30N2O3/c1-15-5-2-3-6-17(15)22-21(24)14-23-10-4-7-18(23)16-8-9-19-20(13-16)26-12-11-25-19/h8-9,13,15,17-18H,2-7,10-12,14H2,1H3,(H,22,24)/p+1/t15-,17-,18+/m0/s1. The average Bonchev–Trinajstić information content (AvgIpc) is 3.11. The van der Waals surface area contributed by atoms with Crippen LogP contribution in [0.25, 0.3) is 0 Å². The summed E-state index contributed by atoms with van der Waals surface area (Å²) < 4.78 is 11.4. The second-order valence-corrected chi connectivity index (χ2v) is 8.12. The fourth-order valence-electron chi connectivity index (χ4n) is 4.80. The molecule has 2 N–H and O–H groups in total. The summed E-state index contributed by atoms with van der Waals surface area (Å²) in [6.45, 7) is 5.13. The van der Waals surface area contributed by atoms with E-state index < -0.39 is 0 Å². The Bertz CT molecular complexity index is 648. The lowest BCUT2D eigenvalue weighted by molar-refractivity contribution is -0.910. The molecular weight excluding hydrogens is 328 g/mol. The number of ether oxygens (including phenoxy) is 2. The number of benzene rings is 1. The maximum atomic E-state index is 12.6. The largest absolute Gasteiger partial charge is 0.486 e. The molecule has 1 aromatic rings. The zero-order valence-corrected chi connectivity index (χ0v) is 15.8. The minimum atomic E-state index is 0.211. The molecule has 0 bridgehead atoms. The Morgan fingerprint density at radius 3 is 2.77 bits per heavy atom. The van der Waals surface area contributed by atoms with Gasteiger partial charge in [-0.2, -0.15) is 0 Å². The Hall–Kier alpha value is -1.75. The molecule has 1 amide bonds. The molecule has 2 aliphatic heterocycles. The molecule has 0 spiro atoms. The van der Waals surface area contributed by atoms with Crippen LogP contribution < -0.4 is 19.7 Å². The van der Waals surface area contributed by atoms with Crippen molar-refractivity contribution in [3.8, 4) is 11.5 Å². The van der Waals surface area contributed by atoms with E-state index in [4.69, 9.17) is 9.47 Å². The second-order valence-electron chi connectivity index (χ2n) is 8.12. The molecule has 2 heterocycles. The highest BCUT2D eigenvalue weighted by Gasteiger charge is 2.33. The minimum absolute atomic E-state index is 0.211. The molecule has 26 heavy (non-hydrogen) atoms. The summed E-state index contributed by atoms with van der Waals surface area (Å²) in [7, 11) is 0. The third-order valence-corrected chi connectivity index (χ3v) is 6.30. The number of nitrogens with one attached hydrogen (secondary N) is 2. The summed E-state index contributed by atoms with van der Waals surface area (Å²) in [5, 5.41) is 3.31. The molecule has 1 aliphatic carbocycles. The van der Waals surface area contributed by atoms with E-state index >= 15 is 0 Å². The summed E-state index contributed by atoms with van der Waals surface area (Å²) in [6.07, 6.45) is 7.21. The maximum absolute atomic E-state index is 12.6. The third kappa shape index (κ3) is 3.83. The number of fused-ring (bicyclic) bond motifs is 1. The average molecular weight is 359 g/mol. The van der Waals surface area contributed by atoms with Crippen LogP contribution in [0.5, 0.6) is 11.5 Å². The van der Waals surface area contributed by atoms with Crippen molar-refractivity contribution in [3.05, 3.63) is 23.8 Å². The Morgan fingerprint density at radius 2 is 1.92 bits per heavy atom. The van der Waals surface area contributed by atoms with Gasteiger partial charge in [0.25, 0.3) is 5.91 Å². The van der Waals surface area contributed by atoms with Gasteiger partial charge in [-0.1, -0.05) is 19.8 Å². The minimum Gasteiger partial charge on any atom is -0.486 e. The van der Waals surface area contributed by atoms with Gasteiger partial charge in [0.15, 0.2) is 18.0 Å². The summed E-state index contributed by atoms with van der Waals surface area (Å²) in [5.41, 5.74) is 1.26. The molecule has 4 atom stereocenters. The van der Waals surface area contributed by atoms with Gasteiger partial charge in [-0.05, 0) is 37.0 Å². The Balaban J connectivity index is 1.39. The lowest BCUT2D eigenvalue weighted by Gasteiger charge is -2.30. The van der Waals surface area contributed by atoms with Crippen molar-refractivity contribution in [2.75, 3.05) is 26.3 Å². The molecular formula is C21H31N2O3+. The number of quaternary nitrogens is 1.